The minimum Gasteiger partial charge on any atom is -0.480 e. The number of unbranched alkanes of at least 4 members (excludes halogenated alkanes) is 6. The monoisotopic (exact) mass is 761 g/mol. The lowest BCUT2D eigenvalue weighted by molar-refractivity contribution is -0.147. The number of hydrogen-bond donors (Lipinski definition) is 3. The molecular weight excluding hydrogens is 685 g/mol. The van der Waals surface area contributed by atoms with Crippen LogP contribution in [-0.4, -0.2) is 41.6 Å². The largest absolute Gasteiger partial charge is 0.480 e. The molecule has 0 heterocycles. The number of nitrogens with two attached hydrogens (primary N) is 1. The Bertz CT molecular complexity index is 1220. The molecule has 0 fully saturated rings. The van der Waals surface area contributed by atoms with E-state index in [4.69, 9.17) is 10.5 Å². The van der Waals surface area contributed by atoms with Gasteiger partial charge < -0.3 is 20.9 Å². The van der Waals surface area contributed by atoms with Crippen LogP contribution in [-0.2, 0) is 19.1 Å². The highest BCUT2D eigenvalue weighted by molar-refractivity contribution is 5.83. The zero-order valence-corrected chi connectivity index (χ0v) is 34.5. The van der Waals surface area contributed by atoms with E-state index >= 15 is 0 Å². The van der Waals surface area contributed by atoms with Crippen molar-refractivity contribution in [3.05, 3.63) is 109 Å². The fourth-order valence-corrected chi connectivity index (χ4v) is 5.37. The molecule has 7 heteroatoms. The Balaban J connectivity index is 4.34. The van der Waals surface area contributed by atoms with Crippen molar-refractivity contribution in [3.63, 3.8) is 0 Å². The van der Waals surface area contributed by atoms with Crippen molar-refractivity contribution >= 4 is 17.8 Å². The number of rotatable bonds is 36. The van der Waals surface area contributed by atoms with Crippen molar-refractivity contribution in [2.45, 2.75) is 167 Å². The van der Waals surface area contributed by atoms with E-state index in [1.54, 1.807) is 0 Å². The topological polar surface area (TPSA) is 119 Å². The molecule has 7 nitrogen and oxygen atoms in total. The van der Waals surface area contributed by atoms with Gasteiger partial charge in [0, 0.05) is 12.8 Å². The second-order valence-corrected chi connectivity index (χ2v) is 13.7. The number of carbonyl (C=O) groups is 3. The summed E-state index contributed by atoms with van der Waals surface area (Å²) < 4.78 is 5.86. The summed E-state index contributed by atoms with van der Waals surface area (Å²) in [6, 6.07) is -0.885. The summed E-state index contributed by atoms with van der Waals surface area (Å²) in [5.74, 6) is -1.44. The van der Waals surface area contributed by atoms with Gasteiger partial charge in [0.15, 0.2) is 0 Å². The zero-order chi connectivity index (χ0) is 40.3. The Labute approximate surface area is 335 Å². The van der Waals surface area contributed by atoms with Crippen LogP contribution in [0.4, 0.5) is 0 Å². The first-order valence-corrected chi connectivity index (χ1v) is 21.2. The average Bonchev–Trinajstić information content (AvgIpc) is 3.17. The third kappa shape index (κ3) is 38.1. The number of esters is 1. The van der Waals surface area contributed by atoms with E-state index in [0.29, 0.717) is 38.6 Å². The van der Waals surface area contributed by atoms with Crippen molar-refractivity contribution in [2.24, 2.45) is 5.73 Å². The normalized spacial score (nSPS) is 13.8. The SMILES string of the molecule is CC/C=C\C/C=C\C/C=C\C/C=C\C/C=C\C/C=C\C/C=C\CCCC(=O)OC(/C=C\C/C=C\CCCC)CCCCCCC(=O)NC(CCCN)C(=O)O. The fourth-order valence-electron chi connectivity index (χ4n) is 5.37. The molecule has 0 saturated heterocycles. The molecule has 0 aliphatic heterocycles. The predicted octanol–water partition coefficient (Wildman–Crippen LogP) is 12.1. The van der Waals surface area contributed by atoms with Crippen LogP contribution in [0.1, 0.15) is 155 Å². The Morgan fingerprint density at radius 2 is 1.05 bits per heavy atom. The van der Waals surface area contributed by atoms with Gasteiger partial charge in [0.1, 0.15) is 12.1 Å². The minimum atomic E-state index is -1.03. The molecule has 0 rings (SSSR count). The van der Waals surface area contributed by atoms with Crippen LogP contribution in [0.5, 0.6) is 0 Å². The average molecular weight is 761 g/mol. The van der Waals surface area contributed by atoms with Crippen molar-refractivity contribution in [1.29, 1.82) is 0 Å². The lowest BCUT2D eigenvalue weighted by Crippen LogP contribution is -2.40. The van der Waals surface area contributed by atoms with Crippen molar-refractivity contribution < 1.29 is 24.2 Å². The summed E-state index contributed by atoms with van der Waals surface area (Å²) in [7, 11) is 0. The fraction of sp³-hybridized carbons (Fsp3) is 0.562. The molecule has 0 aromatic heterocycles. The second-order valence-electron chi connectivity index (χ2n) is 13.7. The van der Waals surface area contributed by atoms with E-state index in [1.165, 1.54) is 12.8 Å². The summed E-state index contributed by atoms with van der Waals surface area (Å²) in [4.78, 5) is 36.2. The summed E-state index contributed by atoms with van der Waals surface area (Å²) in [6.07, 6.45) is 57.3. The first-order valence-electron chi connectivity index (χ1n) is 21.2. The molecule has 1 amide bonds. The van der Waals surface area contributed by atoms with Crippen LogP contribution in [0, 0.1) is 0 Å². The third-order valence-corrected chi connectivity index (χ3v) is 8.56. The van der Waals surface area contributed by atoms with Crippen molar-refractivity contribution in [1.82, 2.24) is 5.32 Å². The van der Waals surface area contributed by atoms with Gasteiger partial charge in [-0.15, -0.1) is 0 Å². The molecule has 0 spiro atoms. The first kappa shape index (κ1) is 51.0. The Morgan fingerprint density at radius 3 is 1.56 bits per heavy atom. The predicted molar refractivity (Wildman–Crippen MR) is 234 cm³/mol. The molecule has 0 aliphatic carbocycles. The van der Waals surface area contributed by atoms with Crippen LogP contribution in [0.25, 0.3) is 0 Å². The molecule has 0 aromatic carbocycles. The van der Waals surface area contributed by atoms with Gasteiger partial charge in [-0.25, -0.2) is 4.79 Å². The van der Waals surface area contributed by atoms with Gasteiger partial charge in [0.25, 0.3) is 0 Å². The maximum absolute atomic E-state index is 12.7. The molecule has 55 heavy (non-hydrogen) atoms. The lowest BCUT2D eigenvalue weighted by Gasteiger charge is -2.15. The summed E-state index contributed by atoms with van der Waals surface area (Å²) >= 11 is 0. The maximum atomic E-state index is 12.7. The van der Waals surface area contributed by atoms with Gasteiger partial charge >= 0.3 is 11.9 Å². The standard InChI is InChI=1S/C48H76N2O5/c1-3-5-7-9-11-12-13-14-15-16-17-18-19-20-21-22-23-24-25-26-28-30-36-42-47(52)55-44(38-33-29-27-10-8-6-4-2)39-34-31-32-35-41-46(51)50-45(48(53)54)40-37-43-49/h5,7,10-12,14-15,17-18,20-21,23-24,26-28,33,38,44-45H,3-4,6,8-9,13,16,19,22,25,29-32,34-37,39-43,49H2,1-2H3,(H,50,51)(H,53,54)/b7-5-,12-11-,15-14-,18-17-,21-20-,24-23-,27-10-,28-26-,38-33-. The quantitative estimate of drug-likeness (QED) is 0.0332. The van der Waals surface area contributed by atoms with E-state index in [2.05, 4.69) is 122 Å². The smallest absolute Gasteiger partial charge is 0.326 e. The van der Waals surface area contributed by atoms with Crippen LogP contribution < -0.4 is 11.1 Å². The number of aliphatic carboxylic acids is 1. The number of allylic oxidation sites excluding steroid dienone is 17. The molecule has 0 saturated carbocycles. The molecule has 0 radical (unpaired) electrons. The van der Waals surface area contributed by atoms with E-state index in [-0.39, 0.29) is 18.0 Å². The zero-order valence-electron chi connectivity index (χ0n) is 34.5. The van der Waals surface area contributed by atoms with Gasteiger partial charge in [0.2, 0.25) is 5.91 Å². The number of amides is 1. The van der Waals surface area contributed by atoms with Gasteiger partial charge in [-0.05, 0) is 115 Å². The van der Waals surface area contributed by atoms with Crippen LogP contribution in [0.2, 0.25) is 0 Å². The molecule has 4 N–H and O–H groups in total. The van der Waals surface area contributed by atoms with E-state index in [1.807, 2.05) is 6.08 Å². The van der Waals surface area contributed by atoms with Gasteiger partial charge in [0.05, 0.1) is 0 Å². The number of nitrogens with one attached hydrogen (secondary N) is 1. The molecule has 0 aromatic rings. The van der Waals surface area contributed by atoms with E-state index in [0.717, 1.165) is 96.3 Å². The Hall–Kier alpha value is -3.97. The maximum Gasteiger partial charge on any atom is 0.326 e. The van der Waals surface area contributed by atoms with Crippen LogP contribution >= 0.6 is 0 Å². The second kappa shape index (κ2) is 41.2. The molecule has 2 unspecified atom stereocenters. The number of ether oxygens (including phenoxy) is 1. The summed E-state index contributed by atoms with van der Waals surface area (Å²) in [5, 5.41) is 11.9. The van der Waals surface area contributed by atoms with E-state index in [9.17, 15) is 19.5 Å². The highest BCUT2D eigenvalue weighted by Gasteiger charge is 2.18. The highest BCUT2D eigenvalue weighted by atomic mass is 16.5. The van der Waals surface area contributed by atoms with Gasteiger partial charge in [-0.1, -0.05) is 143 Å². The number of carboxylic acid groups (broad SMARTS) is 1. The molecule has 0 bridgehead atoms. The Morgan fingerprint density at radius 1 is 0.564 bits per heavy atom. The molecule has 2 atom stereocenters. The van der Waals surface area contributed by atoms with Gasteiger partial charge in [-0.3, -0.25) is 9.59 Å². The summed E-state index contributed by atoms with van der Waals surface area (Å²) in [5.41, 5.74) is 5.47. The van der Waals surface area contributed by atoms with Crippen LogP contribution in [0.3, 0.4) is 0 Å². The number of hydrogen-bond acceptors (Lipinski definition) is 5. The Kier molecular flexibility index (Phi) is 38.2. The third-order valence-electron chi connectivity index (χ3n) is 8.56. The molecular formula is C48H76N2O5. The highest BCUT2D eigenvalue weighted by Crippen LogP contribution is 2.14. The van der Waals surface area contributed by atoms with Crippen molar-refractivity contribution in [2.75, 3.05) is 6.54 Å². The van der Waals surface area contributed by atoms with Crippen molar-refractivity contribution in [3.8, 4) is 0 Å². The minimum absolute atomic E-state index is 0.169. The molecule has 0 aliphatic rings. The number of carboxylic acids is 1. The first-order chi connectivity index (χ1) is 26.9. The molecule has 308 valence electrons. The van der Waals surface area contributed by atoms with Gasteiger partial charge in [-0.2, -0.15) is 0 Å². The van der Waals surface area contributed by atoms with E-state index < -0.39 is 12.0 Å². The number of carbonyl (C=O) groups excluding carboxylic acids is 2. The van der Waals surface area contributed by atoms with Crippen LogP contribution in [0.15, 0.2) is 109 Å². The lowest BCUT2D eigenvalue weighted by atomic mass is 10.1. The summed E-state index contributed by atoms with van der Waals surface area (Å²) in [6.45, 7) is 4.73.